The van der Waals surface area contributed by atoms with Crippen molar-refractivity contribution < 1.29 is 5.11 Å². The van der Waals surface area contributed by atoms with Crippen molar-refractivity contribution in [1.29, 1.82) is 0 Å². The van der Waals surface area contributed by atoms with E-state index in [-0.39, 0.29) is 6.04 Å². The third kappa shape index (κ3) is 2.16. The molecule has 5 atom stereocenters. The van der Waals surface area contributed by atoms with Crippen LogP contribution in [0.2, 0.25) is 0 Å². The van der Waals surface area contributed by atoms with Crippen molar-refractivity contribution in [3.63, 3.8) is 0 Å². The maximum absolute atomic E-state index is 11.0. The molecule has 3 saturated heterocycles. The van der Waals surface area contributed by atoms with Crippen LogP contribution in [0.25, 0.3) is 10.9 Å². The fraction of sp³-hybridized carbons (Fsp3) is 0.421. The minimum atomic E-state index is -0.443. The number of aliphatic hydroxyl groups is 1. The van der Waals surface area contributed by atoms with E-state index in [0.29, 0.717) is 11.8 Å². The van der Waals surface area contributed by atoms with Crippen molar-refractivity contribution in [3.05, 3.63) is 54.7 Å². The van der Waals surface area contributed by atoms with Crippen molar-refractivity contribution >= 4 is 10.9 Å². The molecule has 0 radical (unpaired) electrons. The Morgan fingerprint density at radius 3 is 2.95 bits per heavy atom. The summed E-state index contributed by atoms with van der Waals surface area (Å²) < 4.78 is 0. The SMILES string of the molecule is C=C[C@H]1CN2CCC1CC2[C@H](O)c1ccnc2ccccc12. The van der Waals surface area contributed by atoms with Gasteiger partial charge in [0.25, 0.3) is 0 Å². The third-order valence-electron chi connectivity index (χ3n) is 5.52. The number of benzene rings is 1. The van der Waals surface area contributed by atoms with Crippen LogP contribution in [0.15, 0.2) is 49.2 Å². The van der Waals surface area contributed by atoms with E-state index in [1.165, 1.54) is 6.42 Å². The summed E-state index contributed by atoms with van der Waals surface area (Å²) in [6, 6.07) is 10.3. The van der Waals surface area contributed by atoms with Crippen LogP contribution in [0.5, 0.6) is 0 Å². The van der Waals surface area contributed by atoms with Crippen molar-refractivity contribution in [2.75, 3.05) is 13.1 Å². The van der Waals surface area contributed by atoms with Crippen LogP contribution in [0.3, 0.4) is 0 Å². The summed E-state index contributed by atoms with van der Waals surface area (Å²) >= 11 is 0. The number of hydrogen-bond acceptors (Lipinski definition) is 3. The Labute approximate surface area is 131 Å². The van der Waals surface area contributed by atoms with Crippen molar-refractivity contribution in [2.24, 2.45) is 11.8 Å². The highest BCUT2D eigenvalue weighted by Gasteiger charge is 2.42. The van der Waals surface area contributed by atoms with Crippen LogP contribution in [0.4, 0.5) is 0 Å². The molecule has 22 heavy (non-hydrogen) atoms. The number of aromatic nitrogens is 1. The average Bonchev–Trinajstić information content (AvgIpc) is 2.60. The number of fused-ring (bicyclic) bond motifs is 4. The monoisotopic (exact) mass is 294 g/mol. The van der Waals surface area contributed by atoms with Crippen molar-refractivity contribution in [3.8, 4) is 0 Å². The number of nitrogens with zero attached hydrogens (tertiary/aromatic N) is 2. The van der Waals surface area contributed by atoms with E-state index in [9.17, 15) is 5.11 Å². The van der Waals surface area contributed by atoms with Crippen molar-refractivity contribution in [2.45, 2.75) is 25.0 Å². The molecule has 0 spiro atoms. The zero-order chi connectivity index (χ0) is 15.1. The minimum Gasteiger partial charge on any atom is -0.387 e. The molecule has 2 aromatic rings. The maximum atomic E-state index is 11.0. The number of aliphatic hydroxyl groups excluding tert-OH is 1. The Hall–Kier alpha value is -1.71. The molecular formula is C19H22N2O. The maximum Gasteiger partial charge on any atom is 0.0952 e. The lowest BCUT2D eigenvalue weighted by Gasteiger charge is -2.50. The second-order valence-electron chi connectivity index (χ2n) is 6.61. The summed E-state index contributed by atoms with van der Waals surface area (Å²) in [7, 11) is 0. The molecule has 2 bridgehead atoms. The number of rotatable bonds is 3. The highest BCUT2D eigenvalue weighted by atomic mass is 16.3. The van der Waals surface area contributed by atoms with Crippen LogP contribution in [-0.2, 0) is 0 Å². The van der Waals surface area contributed by atoms with E-state index in [1.54, 1.807) is 0 Å². The van der Waals surface area contributed by atoms with Crippen LogP contribution < -0.4 is 0 Å². The normalized spacial score (nSPS) is 32.0. The number of hydrogen-bond donors (Lipinski definition) is 1. The van der Waals surface area contributed by atoms with E-state index in [2.05, 4.69) is 28.6 Å². The van der Waals surface area contributed by atoms with Crippen LogP contribution in [0.1, 0.15) is 24.5 Å². The van der Waals surface area contributed by atoms with Gasteiger partial charge in [-0.05, 0) is 48.9 Å². The lowest BCUT2D eigenvalue weighted by atomic mass is 9.73. The molecular weight excluding hydrogens is 272 g/mol. The van der Waals surface area contributed by atoms with Gasteiger partial charge in [0.15, 0.2) is 0 Å². The number of pyridine rings is 1. The Bertz CT molecular complexity index is 693. The summed E-state index contributed by atoms with van der Waals surface area (Å²) in [4.78, 5) is 6.86. The molecule has 0 amide bonds. The first-order valence-corrected chi connectivity index (χ1v) is 8.16. The molecule has 1 aromatic heterocycles. The number of piperidine rings is 3. The van der Waals surface area contributed by atoms with Gasteiger partial charge in [-0.15, -0.1) is 6.58 Å². The molecule has 5 rings (SSSR count). The first kappa shape index (κ1) is 13.9. The van der Waals surface area contributed by atoms with Gasteiger partial charge < -0.3 is 5.11 Å². The second-order valence-corrected chi connectivity index (χ2v) is 6.61. The average molecular weight is 294 g/mol. The Morgan fingerprint density at radius 1 is 1.32 bits per heavy atom. The molecule has 3 nitrogen and oxygen atoms in total. The van der Waals surface area contributed by atoms with Crippen LogP contribution >= 0.6 is 0 Å². The molecule has 3 aliphatic rings. The quantitative estimate of drug-likeness (QED) is 0.883. The summed E-state index contributed by atoms with van der Waals surface area (Å²) in [5.74, 6) is 1.27. The molecule has 4 heterocycles. The predicted octanol–water partition coefficient (Wildman–Crippen LogP) is 3.16. The first-order chi connectivity index (χ1) is 10.8. The molecule has 3 unspecified atom stereocenters. The van der Waals surface area contributed by atoms with Gasteiger partial charge in [-0.25, -0.2) is 0 Å². The molecule has 3 fully saturated rings. The fourth-order valence-corrected chi connectivity index (χ4v) is 4.29. The Kier molecular flexibility index (Phi) is 3.47. The molecule has 1 N–H and O–H groups in total. The van der Waals surface area contributed by atoms with Crippen LogP contribution in [0, 0.1) is 11.8 Å². The zero-order valence-electron chi connectivity index (χ0n) is 12.7. The molecule has 0 saturated carbocycles. The van der Waals surface area contributed by atoms with Crippen molar-refractivity contribution in [1.82, 2.24) is 9.88 Å². The van der Waals surface area contributed by atoms with Gasteiger partial charge in [0.05, 0.1) is 11.6 Å². The summed E-state index contributed by atoms with van der Waals surface area (Å²) in [5, 5.41) is 12.1. The van der Waals surface area contributed by atoms with Gasteiger partial charge in [-0.2, -0.15) is 0 Å². The van der Waals surface area contributed by atoms with Gasteiger partial charge in [0.1, 0.15) is 0 Å². The topological polar surface area (TPSA) is 36.4 Å². The lowest BCUT2D eigenvalue weighted by molar-refractivity contribution is -0.0444. The van der Waals surface area contributed by atoms with Gasteiger partial charge >= 0.3 is 0 Å². The third-order valence-corrected chi connectivity index (χ3v) is 5.52. The fourth-order valence-electron chi connectivity index (χ4n) is 4.29. The summed E-state index contributed by atoms with van der Waals surface area (Å²) in [6.07, 6.45) is 5.76. The Morgan fingerprint density at radius 2 is 2.18 bits per heavy atom. The highest BCUT2D eigenvalue weighted by Crippen LogP contribution is 2.41. The van der Waals surface area contributed by atoms with E-state index < -0.39 is 6.10 Å². The summed E-state index contributed by atoms with van der Waals surface area (Å²) in [6.45, 7) is 6.11. The smallest absolute Gasteiger partial charge is 0.0952 e. The van der Waals surface area contributed by atoms with Crippen LogP contribution in [-0.4, -0.2) is 34.1 Å². The van der Waals surface area contributed by atoms with E-state index in [1.807, 2.05) is 30.5 Å². The molecule has 3 heteroatoms. The molecule has 3 aliphatic heterocycles. The lowest BCUT2D eigenvalue weighted by Crippen LogP contribution is -2.54. The number of para-hydroxylation sites is 1. The van der Waals surface area contributed by atoms with Gasteiger partial charge in [0.2, 0.25) is 0 Å². The van der Waals surface area contributed by atoms with Gasteiger partial charge in [-0.3, -0.25) is 9.88 Å². The molecule has 1 aromatic carbocycles. The van der Waals surface area contributed by atoms with Gasteiger partial charge in [0, 0.05) is 24.2 Å². The first-order valence-electron chi connectivity index (χ1n) is 8.16. The standard InChI is InChI=1S/C19H22N2O/c1-2-13-12-21-10-8-14(13)11-18(21)19(22)16-7-9-20-17-6-4-3-5-15(16)17/h2-7,9,13-14,18-19,22H,1,8,10-12H2/t13-,14?,18?,19+/m0/s1. The molecule has 0 aliphatic carbocycles. The second kappa shape index (κ2) is 5.49. The van der Waals surface area contributed by atoms with E-state index in [4.69, 9.17) is 0 Å². The summed E-state index contributed by atoms with van der Waals surface area (Å²) in [5.41, 5.74) is 1.97. The molecule has 114 valence electrons. The van der Waals surface area contributed by atoms with E-state index >= 15 is 0 Å². The zero-order valence-corrected chi connectivity index (χ0v) is 12.7. The largest absolute Gasteiger partial charge is 0.387 e. The van der Waals surface area contributed by atoms with E-state index in [0.717, 1.165) is 36.0 Å². The highest BCUT2D eigenvalue weighted by molar-refractivity contribution is 5.82. The predicted molar refractivity (Wildman–Crippen MR) is 88.5 cm³/mol. The minimum absolute atomic E-state index is 0.223. The van der Waals surface area contributed by atoms with Gasteiger partial charge in [-0.1, -0.05) is 24.3 Å². The Balaban J connectivity index is 1.67.